The molecule has 0 aromatic heterocycles. The Balaban J connectivity index is 1.82. The number of ether oxygens (including phenoxy) is 2. The lowest BCUT2D eigenvalue weighted by Crippen LogP contribution is -2.13. The second kappa shape index (κ2) is 11.6. The van der Waals surface area contributed by atoms with Crippen molar-refractivity contribution in [2.75, 3.05) is 12.4 Å². The van der Waals surface area contributed by atoms with Crippen LogP contribution in [0.5, 0.6) is 11.5 Å². The van der Waals surface area contributed by atoms with Crippen LogP contribution in [0.4, 0.5) is 11.4 Å². The van der Waals surface area contributed by atoms with Crippen molar-refractivity contribution in [3.05, 3.63) is 96.5 Å². The fourth-order valence-electron chi connectivity index (χ4n) is 2.97. The highest BCUT2D eigenvalue weighted by Gasteiger charge is 2.15. The molecule has 35 heavy (non-hydrogen) atoms. The van der Waals surface area contributed by atoms with Crippen molar-refractivity contribution in [3.8, 4) is 17.6 Å². The molecule has 11 heteroatoms. The number of amides is 1. The van der Waals surface area contributed by atoms with E-state index in [9.17, 15) is 20.2 Å². The number of hydrogen-bond donors (Lipinski definition) is 1. The maximum atomic E-state index is 12.6. The Morgan fingerprint density at radius 1 is 1.11 bits per heavy atom. The molecule has 8 nitrogen and oxygen atoms in total. The van der Waals surface area contributed by atoms with Crippen molar-refractivity contribution < 1.29 is 19.2 Å². The molecule has 0 atom stereocenters. The Hall–Kier alpha value is -3.77. The van der Waals surface area contributed by atoms with Crippen LogP contribution in [0.2, 0.25) is 15.1 Å². The van der Waals surface area contributed by atoms with E-state index < -0.39 is 10.8 Å². The van der Waals surface area contributed by atoms with Gasteiger partial charge in [0, 0.05) is 17.8 Å². The molecule has 0 spiro atoms. The largest absolute Gasteiger partial charge is 0.493 e. The van der Waals surface area contributed by atoms with Gasteiger partial charge in [-0.3, -0.25) is 14.9 Å². The summed E-state index contributed by atoms with van der Waals surface area (Å²) in [7, 11) is 1.40. The van der Waals surface area contributed by atoms with E-state index in [2.05, 4.69) is 5.32 Å². The Labute approximate surface area is 215 Å². The van der Waals surface area contributed by atoms with Crippen LogP contribution in [0.25, 0.3) is 6.08 Å². The number of nitro groups is 1. The van der Waals surface area contributed by atoms with Crippen LogP contribution in [0.1, 0.15) is 11.1 Å². The van der Waals surface area contributed by atoms with Crippen LogP contribution < -0.4 is 14.8 Å². The lowest BCUT2D eigenvalue weighted by molar-refractivity contribution is -0.384. The van der Waals surface area contributed by atoms with Gasteiger partial charge in [0.2, 0.25) is 0 Å². The van der Waals surface area contributed by atoms with Gasteiger partial charge in [-0.1, -0.05) is 46.9 Å². The summed E-state index contributed by atoms with van der Waals surface area (Å²) in [5.41, 5.74) is 1.08. The third-order valence-corrected chi connectivity index (χ3v) is 5.63. The molecule has 0 bridgehead atoms. The van der Waals surface area contributed by atoms with E-state index in [1.54, 1.807) is 24.3 Å². The van der Waals surface area contributed by atoms with Crippen molar-refractivity contribution >= 4 is 58.2 Å². The lowest BCUT2D eigenvalue weighted by Gasteiger charge is -2.13. The smallest absolute Gasteiger partial charge is 0.269 e. The molecule has 0 aliphatic heterocycles. The number of nitriles is 1. The van der Waals surface area contributed by atoms with Gasteiger partial charge in [-0.2, -0.15) is 5.26 Å². The molecule has 3 aromatic rings. The first-order valence-electron chi connectivity index (χ1n) is 9.83. The van der Waals surface area contributed by atoms with Gasteiger partial charge >= 0.3 is 0 Å². The number of benzene rings is 3. The standard InChI is InChI=1S/C24H16Cl3N3O5/c1-34-22-10-15(7-16(12-28)24(31)29-17-5-6-19(25)20(26)11-17)9-21(27)23(22)35-13-14-3-2-4-18(8-14)30(32)33/h2-11H,13H2,1H3,(H,29,31)/b16-7+. The van der Waals surface area contributed by atoms with Crippen molar-refractivity contribution in [1.82, 2.24) is 0 Å². The number of nitrogens with one attached hydrogen (secondary N) is 1. The number of methoxy groups -OCH3 is 1. The quantitative estimate of drug-likeness (QED) is 0.150. The molecule has 1 amide bonds. The minimum Gasteiger partial charge on any atom is -0.493 e. The number of carbonyl (C=O) groups is 1. The van der Waals surface area contributed by atoms with E-state index in [1.165, 1.54) is 43.5 Å². The number of nitrogens with zero attached hydrogens (tertiary/aromatic N) is 2. The van der Waals surface area contributed by atoms with Gasteiger partial charge in [-0.25, -0.2) is 0 Å². The third-order valence-electron chi connectivity index (χ3n) is 4.61. The maximum absolute atomic E-state index is 12.6. The molecule has 3 aromatic carbocycles. The van der Waals surface area contributed by atoms with Gasteiger partial charge < -0.3 is 14.8 Å². The number of non-ortho nitro benzene ring substituents is 1. The predicted molar refractivity (Wildman–Crippen MR) is 134 cm³/mol. The zero-order valence-electron chi connectivity index (χ0n) is 18.1. The SMILES string of the molecule is COc1cc(/C=C(\C#N)C(=O)Nc2ccc(Cl)c(Cl)c2)cc(Cl)c1OCc1cccc([N+](=O)[O-])c1. The fraction of sp³-hybridized carbons (Fsp3) is 0.0833. The highest BCUT2D eigenvalue weighted by atomic mass is 35.5. The second-order valence-corrected chi connectivity index (χ2v) is 8.22. The molecule has 178 valence electrons. The topological polar surface area (TPSA) is 114 Å². The number of carbonyl (C=O) groups excluding carboxylic acids is 1. The zero-order chi connectivity index (χ0) is 25.5. The van der Waals surface area contributed by atoms with Crippen molar-refractivity contribution in [1.29, 1.82) is 5.26 Å². The third kappa shape index (κ3) is 6.64. The van der Waals surface area contributed by atoms with E-state index in [1.807, 2.05) is 6.07 Å². The van der Waals surface area contributed by atoms with Gasteiger partial charge in [0.1, 0.15) is 18.2 Å². The second-order valence-electron chi connectivity index (χ2n) is 7.00. The van der Waals surface area contributed by atoms with Crippen LogP contribution in [0.15, 0.2) is 60.2 Å². The monoisotopic (exact) mass is 531 g/mol. The van der Waals surface area contributed by atoms with E-state index in [4.69, 9.17) is 44.3 Å². The Kier molecular flexibility index (Phi) is 8.55. The Morgan fingerprint density at radius 3 is 2.54 bits per heavy atom. The number of hydrogen-bond acceptors (Lipinski definition) is 6. The molecule has 0 saturated heterocycles. The van der Waals surface area contributed by atoms with Crippen LogP contribution in [-0.2, 0) is 11.4 Å². The fourth-order valence-corrected chi connectivity index (χ4v) is 3.54. The van der Waals surface area contributed by atoms with Crippen LogP contribution in [0.3, 0.4) is 0 Å². The molecule has 0 heterocycles. The molecule has 0 radical (unpaired) electrons. The molecule has 0 aliphatic rings. The average Bonchev–Trinajstić information content (AvgIpc) is 2.83. The Bertz CT molecular complexity index is 1370. The van der Waals surface area contributed by atoms with Crippen LogP contribution >= 0.6 is 34.8 Å². The summed E-state index contributed by atoms with van der Waals surface area (Å²) in [5.74, 6) is -0.208. The van der Waals surface area contributed by atoms with Gasteiger partial charge in [0.25, 0.3) is 11.6 Å². The Morgan fingerprint density at radius 2 is 1.89 bits per heavy atom. The molecular weight excluding hydrogens is 517 g/mol. The van der Waals surface area contributed by atoms with Gasteiger partial charge in [0.15, 0.2) is 11.5 Å². The van der Waals surface area contributed by atoms with Gasteiger partial charge in [-0.15, -0.1) is 0 Å². The first-order valence-corrected chi connectivity index (χ1v) is 11.0. The predicted octanol–water partition coefficient (Wildman–Crippen LogP) is 6.69. The van der Waals surface area contributed by atoms with Crippen molar-refractivity contribution in [2.24, 2.45) is 0 Å². The van der Waals surface area contributed by atoms with Crippen LogP contribution in [0, 0.1) is 21.4 Å². The summed E-state index contributed by atoms with van der Waals surface area (Å²) in [5, 5.41) is 23.8. The first kappa shape index (κ1) is 25.8. The number of nitro benzene ring substituents is 1. The van der Waals surface area contributed by atoms with Crippen molar-refractivity contribution in [3.63, 3.8) is 0 Å². The van der Waals surface area contributed by atoms with E-state index in [0.29, 0.717) is 21.8 Å². The lowest BCUT2D eigenvalue weighted by atomic mass is 10.1. The van der Waals surface area contributed by atoms with E-state index in [-0.39, 0.29) is 39.4 Å². The summed E-state index contributed by atoms with van der Waals surface area (Å²) in [6.45, 7) is 0.00243. The number of rotatable bonds is 8. The molecular formula is C24H16Cl3N3O5. The highest BCUT2D eigenvalue weighted by molar-refractivity contribution is 6.42. The molecule has 0 aliphatic carbocycles. The van der Waals surface area contributed by atoms with Crippen LogP contribution in [-0.4, -0.2) is 17.9 Å². The maximum Gasteiger partial charge on any atom is 0.269 e. The first-order chi connectivity index (χ1) is 16.7. The minimum absolute atomic E-state index is 0.00243. The molecule has 1 N–H and O–H groups in total. The summed E-state index contributed by atoms with van der Waals surface area (Å²) in [6, 6.07) is 15.4. The average molecular weight is 533 g/mol. The zero-order valence-corrected chi connectivity index (χ0v) is 20.3. The molecule has 3 rings (SSSR count). The van der Waals surface area contributed by atoms with E-state index >= 15 is 0 Å². The summed E-state index contributed by atoms with van der Waals surface area (Å²) in [6.07, 6.45) is 1.34. The van der Waals surface area contributed by atoms with Gasteiger partial charge in [0.05, 0.1) is 27.1 Å². The summed E-state index contributed by atoms with van der Waals surface area (Å²) < 4.78 is 11.1. The molecule has 0 saturated carbocycles. The number of halogens is 3. The normalized spacial score (nSPS) is 10.9. The van der Waals surface area contributed by atoms with E-state index in [0.717, 1.165) is 0 Å². The summed E-state index contributed by atoms with van der Waals surface area (Å²) in [4.78, 5) is 23.0. The molecule has 0 unspecified atom stereocenters. The number of anilines is 1. The molecule has 0 fully saturated rings. The summed E-state index contributed by atoms with van der Waals surface area (Å²) >= 11 is 18.2. The van der Waals surface area contributed by atoms with Crippen molar-refractivity contribution in [2.45, 2.75) is 6.61 Å². The highest BCUT2D eigenvalue weighted by Crippen LogP contribution is 2.37. The minimum atomic E-state index is -0.660. The van der Waals surface area contributed by atoms with Gasteiger partial charge in [-0.05, 0) is 47.5 Å².